The van der Waals surface area contributed by atoms with Crippen LogP contribution in [0.3, 0.4) is 0 Å². The minimum Gasteiger partial charge on any atom is -0.464 e. The van der Waals surface area contributed by atoms with Crippen LogP contribution in [0, 0.1) is 0 Å². The zero-order valence-electron chi connectivity index (χ0n) is 13.3. The van der Waals surface area contributed by atoms with Gasteiger partial charge in [0.1, 0.15) is 5.58 Å². The standard InChI is InChI=1S/C20H19NO3/c22-20(21-13-18-2-1-10-23-18)15-5-3-14(4-6-15)16-7-8-19-17(12-16)9-11-24-19/h3-9,11-12,18H,1-2,10,13H2,(H,21,22). The second kappa shape index (κ2) is 6.49. The van der Waals surface area contributed by atoms with Gasteiger partial charge in [0, 0.05) is 24.1 Å². The molecule has 1 fully saturated rings. The maximum absolute atomic E-state index is 12.2. The van der Waals surface area contributed by atoms with E-state index in [4.69, 9.17) is 9.15 Å². The van der Waals surface area contributed by atoms with Crippen LogP contribution in [-0.2, 0) is 4.74 Å². The molecular weight excluding hydrogens is 302 g/mol. The summed E-state index contributed by atoms with van der Waals surface area (Å²) in [6.07, 6.45) is 3.96. The summed E-state index contributed by atoms with van der Waals surface area (Å²) < 4.78 is 10.9. The Morgan fingerprint density at radius 2 is 1.92 bits per heavy atom. The molecule has 1 aromatic heterocycles. The summed E-state index contributed by atoms with van der Waals surface area (Å²) in [7, 11) is 0. The van der Waals surface area contributed by atoms with Crippen LogP contribution >= 0.6 is 0 Å². The van der Waals surface area contributed by atoms with Gasteiger partial charge < -0.3 is 14.5 Å². The van der Waals surface area contributed by atoms with E-state index in [0.717, 1.165) is 41.5 Å². The number of ether oxygens (including phenoxy) is 1. The van der Waals surface area contributed by atoms with Crippen molar-refractivity contribution in [3.63, 3.8) is 0 Å². The molecule has 122 valence electrons. The van der Waals surface area contributed by atoms with E-state index >= 15 is 0 Å². The van der Waals surface area contributed by atoms with Crippen molar-refractivity contribution in [2.75, 3.05) is 13.2 Å². The number of benzene rings is 2. The van der Waals surface area contributed by atoms with Gasteiger partial charge >= 0.3 is 0 Å². The number of furan rings is 1. The second-order valence-corrected chi connectivity index (χ2v) is 6.10. The molecule has 2 aromatic carbocycles. The lowest BCUT2D eigenvalue weighted by Gasteiger charge is -2.11. The lowest BCUT2D eigenvalue weighted by molar-refractivity contribution is 0.0858. The number of hydrogen-bond acceptors (Lipinski definition) is 3. The van der Waals surface area contributed by atoms with Crippen molar-refractivity contribution in [1.29, 1.82) is 0 Å². The molecule has 0 bridgehead atoms. The Labute approximate surface area is 140 Å². The number of carbonyl (C=O) groups excluding carboxylic acids is 1. The Hall–Kier alpha value is -2.59. The molecule has 0 aliphatic carbocycles. The summed E-state index contributed by atoms with van der Waals surface area (Å²) in [4.78, 5) is 12.2. The molecular formula is C20H19NO3. The summed E-state index contributed by atoms with van der Waals surface area (Å²) >= 11 is 0. The van der Waals surface area contributed by atoms with Gasteiger partial charge in [-0.2, -0.15) is 0 Å². The first-order chi connectivity index (χ1) is 11.8. The summed E-state index contributed by atoms with van der Waals surface area (Å²) in [5, 5.41) is 4.02. The maximum Gasteiger partial charge on any atom is 0.251 e. The first-order valence-electron chi connectivity index (χ1n) is 8.27. The van der Waals surface area contributed by atoms with Gasteiger partial charge in [0.25, 0.3) is 5.91 Å². The van der Waals surface area contributed by atoms with Gasteiger partial charge in [0.15, 0.2) is 0 Å². The molecule has 1 aliphatic rings. The number of rotatable bonds is 4. The highest BCUT2D eigenvalue weighted by Gasteiger charge is 2.16. The molecule has 4 rings (SSSR count). The molecule has 0 saturated carbocycles. The number of hydrogen-bond donors (Lipinski definition) is 1. The highest BCUT2D eigenvalue weighted by Crippen LogP contribution is 2.25. The third kappa shape index (κ3) is 3.05. The van der Waals surface area contributed by atoms with E-state index in [1.807, 2.05) is 42.5 Å². The van der Waals surface area contributed by atoms with Crippen molar-refractivity contribution >= 4 is 16.9 Å². The second-order valence-electron chi connectivity index (χ2n) is 6.10. The van der Waals surface area contributed by atoms with Crippen molar-refractivity contribution in [2.24, 2.45) is 0 Å². The molecule has 1 aliphatic heterocycles. The van der Waals surface area contributed by atoms with Crippen LogP contribution in [0.25, 0.3) is 22.1 Å². The number of carbonyl (C=O) groups is 1. The Bertz CT molecular complexity index is 845. The lowest BCUT2D eigenvalue weighted by atomic mass is 10.0. The van der Waals surface area contributed by atoms with Gasteiger partial charge in [-0.25, -0.2) is 0 Å². The molecule has 1 atom stereocenters. The maximum atomic E-state index is 12.2. The molecule has 2 heterocycles. The molecule has 0 spiro atoms. The van der Waals surface area contributed by atoms with E-state index in [2.05, 4.69) is 11.4 Å². The van der Waals surface area contributed by atoms with Gasteiger partial charge in [-0.05, 0) is 54.3 Å². The fraction of sp³-hybridized carbons (Fsp3) is 0.250. The summed E-state index contributed by atoms with van der Waals surface area (Å²) in [6.45, 7) is 1.38. The lowest BCUT2D eigenvalue weighted by Crippen LogP contribution is -2.31. The van der Waals surface area contributed by atoms with Crippen LogP contribution in [0.15, 0.2) is 59.2 Å². The fourth-order valence-electron chi connectivity index (χ4n) is 3.07. The molecule has 0 radical (unpaired) electrons. The van der Waals surface area contributed by atoms with E-state index in [0.29, 0.717) is 12.1 Å². The predicted molar refractivity (Wildman–Crippen MR) is 93.0 cm³/mol. The Morgan fingerprint density at radius 1 is 1.08 bits per heavy atom. The van der Waals surface area contributed by atoms with Crippen molar-refractivity contribution in [3.05, 3.63) is 60.4 Å². The smallest absolute Gasteiger partial charge is 0.251 e. The average molecular weight is 321 g/mol. The summed E-state index contributed by atoms with van der Waals surface area (Å²) in [5.74, 6) is -0.0534. The molecule has 1 N–H and O–H groups in total. The van der Waals surface area contributed by atoms with Crippen LogP contribution < -0.4 is 5.32 Å². The van der Waals surface area contributed by atoms with Gasteiger partial charge in [-0.1, -0.05) is 18.2 Å². The van der Waals surface area contributed by atoms with Crippen molar-refractivity contribution in [1.82, 2.24) is 5.32 Å². The molecule has 3 aromatic rings. The third-order valence-electron chi connectivity index (χ3n) is 4.45. The molecule has 24 heavy (non-hydrogen) atoms. The summed E-state index contributed by atoms with van der Waals surface area (Å²) in [6, 6.07) is 15.7. The Balaban J connectivity index is 1.46. The monoisotopic (exact) mass is 321 g/mol. The van der Waals surface area contributed by atoms with Crippen molar-refractivity contribution < 1.29 is 13.9 Å². The van der Waals surface area contributed by atoms with Crippen LogP contribution in [0.1, 0.15) is 23.2 Å². The van der Waals surface area contributed by atoms with Crippen LogP contribution in [0.5, 0.6) is 0 Å². The molecule has 1 saturated heterocycles. The van der Waals surface area contributed by atoms with Gasteiger partial charge in [-0.15, -0.1) is 0 Å². The third-order valence-corrected chi connectivity index (χ3v) is 4.45. The number of amides is 1. The first kappa shape index (κ1) is 15.0. The van der Waals surface area contributed by atoms with Crippen molar-refractivity contribution in [3.8, 4) is 11.1 Å². The Kier molecular flexibility index (Phi) is 4.05. The predicted octanol–water partition coefficient (Wildman–Crippen LogP) is 4.01. The van der Waals surface area contributed by atoms with E-state index in [1.54, 1.807) is 6.26 Å². The van der Waals surface area contributed by atoms with Crippen LogP contribution in [0.2, 0.25) is 0 Å². The van der Waals surface area contributed by atoms with Gasteiger partial charge in [-0.3, -0.25) is 4.79 Å². The van der Waals surface area contributed by atoms with E-state index < -0.39 is 0 Å². The highest BCUT2D eigenvalue weighted by atomic mass is 16.5. The normalized spacial score (nSPS) is 17.2. The fourth-order valence-corrected chi connectivity index (χ4v) is 3.07. The average Bonchev–Trinajstić information content (AvgIpc) is 3.30. The van der Waals surface area contributed by atoms with E-state index in [9.17, 15) is 4.79 Å². The van der Waals surface area contributed by atoms with Gasteiger partial charge in [0.05, 0.1) is 12.4 Å². The number of nitrogens with one attached hydrogen (secondary N) is 1. The van der Waals surface area contributed by atoms with E-state index in [1.165, 1.54) is 0 Å². The van der Waals surface area contributed by atoms with Gasteiger partial charge in [0.2, 0.25) is 0 Å². The van der Waals surface area contributed by atoms with Crippen LogP contribution in [-0.4, -0.2) is 25.2 Å². The van der Waals surface area contributed by atoms with Crippen LogP contribution in [0.4, 0.5) is 0 Å². The molecule has 4 nitrogen and oxygen atoms in total. The Morgan fingerprint density at radius 3 is 2.71 bits per heavy atom. The molecule has 1 unspecified atom stereocenters. The zero-order chi connectivity index (χ0) is 16.4. The topological polar surface area (TPSA) is 51.5 Å². The zero-order valence-corrected chi connectivity index (χ0v) is 13.3. The highest BCUT2D eigenvalue weighted by molar-refractivity contribution is 5.94. The SMILES string of the molecule is O=C(NCC1CCCO1)c1ccc(-c2ccc3occc3c2)cc1. The van der Waals surface area contributed by atoms with Crippen molar-refractivity contribution in [2.45, 2.75) is 18.9 Å². The minimum atomic E-state index is -0.0534. The quantitative estimate of drug-likeness (QED) is 0.790. The summed E-state index contributed by atoms with van der Waals surface area (Å²) in [5.41, 5.74) is 3.73. The van der Waals surface area contributed by atoms with E-state index in [-0.39, 0.29) is 12.0 Å². The largest absolute Gasteiger partial charge is 0.464 e. The number of fused-ring (bicyclic) bond motifs is 1. The minimum absolute atomic E-state index is 0.0534. The first-order valence-corrected chi connectivity index (χ1v) is 8.27. The molecule has 1 amide bonds. The molecule has 4 heteroatoms.